The third kappa shape index (κ3) is 3.92. The minimum atomic E-state index is -0.395. The number of carbonyl (C=O) groups is 1. The first-order valence-electron chi connectivity index (χ1n) is 8.87. The van der Waals surface area contributed by atoms with Crippen molar-refractivity contribution in [2.45, 2.75) is 44.4 Å². The Morgan fingerprint density at radius 2 is 1.91 bits per heavy atom. The van der Waals surface area contributed by atoms with E-state index in [4.69, 9.17) is 0 Å². The summed E-state index contributed by atoms with van der Waals surface area (Å²) in [6, 6.07) is 6.38. The first-order valence-corrected chi connectivity index (χ1v) is 8.87. The van der Waals surface area contributed by atoms with Gasteiger partial charge in [-0.05, 0) is 75.4 Å². The Morgan fingerprint density at radius 1 is 1.26 bits per heavy atom. The highest BCUT2D eigenvalue weighted by Crippen LogP contribution is 2.48. The van der Waals surface area contributed by atoms with Gasteiger partial charge in [0, 0.05) is 6.54 Å². The maximum absolute atomic E-state index is 13.0. The molecule has 126 valence electrons. The molecule has 1 aliphatic heterocycles. The Kier molecular flexibility index (Phi) is 5.00. The molecule has 2 fully saturated rings. The molecular formula is C19H27FN2O. The molecule has 0 atom stereocenters. The Hall–Kier alpha value is -1.42. The van der Waals surface area contributed by atoms with Crippen LogP contribution in [0.3, 0.4) is 0 Å². The molecule has 23 heavy (non-hydrogen) atoms. The number of piperidine rings is 1. The average molecular weight is 318 g/mol. The van der Waals surface area contributed by atoms with Crippen molar-refractivity contribution >= 4 is 5.91 Å². The number of nitrogens with one attached hydrogen (secondary N) is 1. The maximum Gasteiger partial charge on any atom is 0.230 e. The second kappa shape index (κ2) is 7.00. The largest absolute Gasteiger partial charge is 0.355 e. The van der Waals surface area contributed by atoms with E-state index in [2.05, 4.69) is 17.1 Å². The van der Waals surface area contributed by atoms with Gasteiger partial charge >= 0.3 is 0 Å². The standard InChI is InChI=1S/C19H27FN2O/c1-15-7-13-22(14-8-15)12-2-11-21-18(23)19(9-10-19)16-3-5-17(20)6-4-16/h3-6,15H,2,7-14H2,1H3,(H,21,23). The van der Waals surface area contributed by atoms with Gasteiger partial charge in [0.05, 0.1) is 5.41 Å². The second-order valence-corrected chi connectivity index (χ2v) is 7.22. The van der Waals surface area contributed by atoms with E-state index in [1.807, 2.05) is 0 Å². The van der Waals surface area contributed by atoms with Crippen LogP contribution in [0.1, 0.15) is 44.6 Å². The molecule has 1 N–H and O–H groups in total. The van der Waals surface area contributed by atoms with Crippen LogP contribution in [0.15, 0.2) is 24.3 Å². The summed E-state index contributed by atoms with van der Waals surface area (Å²) in [7, 11) is 0. The normalized spacial score (nSPS) is 21.1. The molecule has 0 aromatic heterocycles. The van der Waals surface area contributed by atoms with Crippen LogP contribution in [-0.4, -0.2) is 37.0 Å². The highest BCUT2D eigenvalue weighted by Gasteiger charge is 2.50. The number of halogens is 1. The van der Waals surface area contributed by atoms with E-state index in [9.17, 15) is 9.18 Å². The van der Waals surface area contributed by atoms with E-state index in [1.165, 1.54) is 38.1 Å². The molecule has 0 radical (unpaired) electrons. The van der Waals surface area contributed by atoms with Crippen molar-refractivity contribution in [3.8, 4) is 0 Å². The van der Waals surface area contributed by atoms with Gasteiger partial charge in [-0.3, -0.25) is 4.79 Å². The zero-order chi connectivity index (χ0) is 16.3. The molecule has 1 heterocycles. The zero-order valence-corrected chi connectivity index (χ0v) is 14.0. The minimum Gasteiger partial charge on any atom is -0.355 e. The predicted molar refractivity (Wildman–Crippen MR) is 89.8 cm³/mol. The number of nitrogens with zero attached hydrogens (tertiary/aromatic N) is 1. The number of hydrogen-bond acceptors (Lipinski definition) is 2. The van der Waals surface area contributed by atoms with Crippen molar-refractivity contribution in [1.82, 2.24) is 10.2 Å². The number of carbonyl (C=O) groups excluding carboxylic acids is 1. The Labute approximate surface area is 138 Å². The van der Waals surface area contributed by atoms with Gasteiger partial charge in [0.25, 0.3) is 0 Å². The van der Waals surface area contributed by atoms with Gasteiger partial charge in [0.15, 0.2) is 0 Å². The van der Waals surface area contributed by atoms with Gasteiger partial charge in [-0.25, -0.2) is 4.39 Å². The lowest BCUT2D eigenvalue weighted by Crippen LogP contribution is -2.38. The van der Waals surface area contributed by atoms with Gasteiger partial charge in [0.1, 0.15) is 5.82 Å². The van der Waals surface area contributed by atoms with Gasteiger partial charge in [0.2, 0.25) is 5.91 Å². The summed E-state index contributed by atoms with van der Waals surface area (Å²) in [6.07, 6.45) is 5.32. The first-order chi connectivity index (χ1) is 11.1. The number of likely N-dealkylation sites (tertiary alicyclic amines) is 1. The molecule has 4 heteroatoms. The molecule has 2 aliphatic rings. The third-order valence-corrected chi connectivity index (χ3v) is 5.39. The molecule has 0 bridgehead atoms. The maximum atomic E-state index is 13.0. The highest BCUT2D eigenvalue weighted by molar-refractivity contribution is 5.91. The van der Waals surface area contributed by atoms with Gasteiger partial charge < -0.3 is 10.2 Å². The van der Waals surface area contributed by atoms with Crippen LogP contribution in [0.25, 0.3) is 0 Å². The summed E-state index contributed by atoms with van der Waals surface area (Å²) in [5.41, 5.74) is 0.551. The van der Waals surface area contributed by atoms with Crippen molar-refractivity contribution in [2.24, 2.45) is 5.92 Å². The molecule has 1 aliphatic carbocycles. The fourth-order valence-corrected chi connectivity index (χ4v) is 3.50. The average Bonchev–Trinajstić information content (AvgIpc) is 3.35. The van der Waals surface area contributed by atoms with Crippen molar-refractivity contribution in [1.29, 1.82) is 0 Å². The summed E-state index contributed by atoms with van der Waals surface area (Å²) in [5, 5.41) is 3.09. The predicted octanol–water partition coefficient (Wildman–Crippen LogP) is 3.10. The molecule has 1 amide bonds. The molecule has 1 aromatic rings. The molecule has 3 nitrogen and oxygen atoms in total. The van der Waals surface area contributed by atoms with Crippen LogP contribution in [0.4, 0.5) is 4.39 Å². The van der Waals surface area contributed by atoms with Crippen LogP contribution in [0.2, 0.25) is 0 Å². The van der Waals surface area contributed by atoms with Crippen molar-refractivity contribution in [2.75, 3.05) is 26.2 Å². The number of benzene rings is 1. The molecular weight excluding hydrogens is 291 g/mol. The van der Waals surface area contributed by atoms with Gasteiger partial charge in [-0.1, -0.05) is 19.1 Å². The zero-order valence-electron chi connectivity index (χ0n) is 14.0. The lowest BCUT2D eigenvalue weighted by molar-refractivity contribution is -0.123. The molecule has 0 unspecified atom stereocenters. The molecule has 1 saturated carbocycles. The smallest absolute Gasteiger partial charge is 0.230 e. The van der Waals surface area contributed by atoms with Crippen LogP contribution in [0, 0.1) is 11.7 Å². The molecule has 3 rings (SSSR count). The molecule has 1 aromatic carbocycles. The number of hydrogen-bond donors (Lipinski definition) is 1. The third-order valence-electron chi connectivity index (χ3n) is 5.39. The van der Waals surface area contributed by atoms with E-state index < -0.39 is 5.41 Å². The Morgan fingerprint density at radius 3 is 2.52 bits per heavy atom. The van der Waals surface area contributed by atoms with Crippen LogP contribution >= 0.6 is 0 Å². The lowest BCUT2D eigenvalue weighted by atomic mass is 9.95. The summed E-state index contributed by atoms with van der Waals surface area (Å²) >= 11 is 0. The van der Waals surface area contributed by atoms with Gasteiger partial charge in [-0.15, -0.1) is 0 Å². The van der Waals surface area contributed by atoms with E-state index in [0.29, 0.717) is 0 Å². The Balaban J connectivity index is 1.42. The summed E-state index contributed by atoms with van der Waals surface area (Å²) in [6.45, 7) is 6.50. The van der Waals surface area contributed by atoms with Crippen LogP contribution in [-0.2, 0) is 10.2 Å². The van der Waals surface area contributed by atoms with Crippen molar-refractivity contribution in [3.05, 3.63) is 35.6 Å². The van der Waals surface area contributed by atoms with Crippen LogP contribution in [0.5, 0.6) is 0 Å². The fourth-order valence-electron chi connectivity index (χ4n) is 3.50. The van der Waals surface area contributed by atoms with Gasteiger partial charge in [-0.2, -0.15) is 0 Å². The fraction of sp³-hybridized carbons (Fsp3) is 0.632. The first kappa shape index (κ1) is 16.4. The lowest BCUT2D eigenvalue weighted by Gasteiger charge is -2.30. The van der Waals surface area contributed by atoms with Crippen molar-refractivity contribution in [3.63, 3.8) is 0 Å². The SMILES string of the molecule is CC1CCN(CCCNC(=O)C2(c3ccc(F)cc3)CC2)CC1. The summed E-state index contributed by atoms with van der Waals surface area (Å²) in [4.78, 5) is 15.0. The van der Waals surface area contributed by atoms with Crippen molar-refractivity contribution < 1.29 is 9.18 Å². The molecule has 0 spiro atoms. The van der Waals surface area contributed by atoms with E-state index >= 15 is 0 Å². The topological polar surface area (TPSA) is 32.3 Å². The number of amides is 1. The number of rotatable bonds is 6. The second-order valence-electron chi connectivity index (χ2n) is 7.22. The monoisotopic (exact) mass is 318 g/mol. The van der Waals surface area contributed by atoms with E-state index in [-0.39, 0.29) is 11.7 Å². The summed E-state index contributed by atoms with van der Waals surface area (Å²) in [5.74, 6) is 0.716. The van der Waals surface area contributed by atoms with E-state index in [1.54, 1.807) is 12.1 Å². The minimum absolute atomic E-state index is 0.108. The quantitative estimate of drug-likeness (QED) is 0.818. The van der Waals surface area contributed by atoms with Crippen LogP contribution < -0.4 is 5.32 Å². The molecule has 1 saturated heterocycles. The van der Waals surface area contributed by atoms with E-state index in [0.717, 1.165) is 43.8 Å². The summed E-state index contributed by atoms with van der Waals surface area (Å²) < 4.78 is 13.0. The highest BCUT2D eigenvalue weighted by atomic mass is 19.1. The Bertz CT molecular complexity index is 531.